The third-order valence-electron chi connectivity index (χ3n) is 2.85. The van der Waals surface area contributed by atoms with E-state index in [9.17, 15) is 0 Å². The van der Waals surface area contributed by atoms with Crippen molar-refractivity contribution in [1.29, 1.82) is 5.26 Å². The fourth-order valence-electron chi connectivity index (χ4n) is 1.93. The molecule has 0 aliphatic rings. The van der Waals surface area contributed by atoms with Crippen molar-refractivity contribution in [2.75, 3.05) is 6.61 Å². The van der Waals surface area contributed by atoms with E-state index < -0.39 is 0 Å². The van der Waals surface area contributed by atoms with E-state index in [4.69, 9.17) is 14.7 Å². The van der Waals surface area contributed by atoms with Crippen molar-refractivity contribution in [3.63, 3.8) is 0 Å². The summed E-state index contributed by atoms with van der Waals surface area (Å²) in [6.45, 7) is 4.98. The first-order valence-electron chi connectivity index (χ1n) is 6.58. The smallest absolute Gasteiger partial charge is 0.162 e. The van der Waals surface area contributed by atoms with Gasteiger partial charge in [0.25, 0.3) is 0 Å². The van der Waals surface area contributed by atoms with Gasteiger partial charge in [-0.15, -0.1) is 0 Å². The van der Waals surface area contributed by atoms with Crippen molar-refractivity contribution in [1.82, 2.24) is 0 Å². The molecular formula is C17H17NO2. The van der Waals surface area contributed by atoms with Gasteiger partial charge in [0.15, 0.2) is 11.5 Å². The molecule has 2 aromatic carbocycles. The van der Waals surface area contributed by atoms with Crippen LogP contribution in [0.5, 0.6) is 11.5 Å². The quantitative estimate of drug-likeness (QED) is 0.826. The number of nitrogens with zero attached hydrogens (tertiary/aromatic N) is 1. The van der Waals surface area contributed by atoms with Crippen LogP contribution in [-0.2, 0) is 6.61 Å². The highest BCUT2D eigenvalue weighted by Gasteiger charge is 2.07. The van der Waals surface area contributed by atoms with Crippen LogP contribution in [0.4, 0.5) is 0 Å². The Bertz CT molecular complexity index is 629. The molecule has 0 saturated heterocycles. The highest BCUT2D eigenvalue weighted by atomic mass is 16.5. The number of aryl methyl sites for hydroxylation is 1. The van der Waals surface area contributed by atoms with Gasteiger partial charge in [-0.25, -0.2) is 0 Å². The molecule has 20 heavy (non-hydrogen) atoms. The van der Waals surface area contributed by atoms with Gasteiger partial charge in [-0.1, -0.05) is 29.8 Å². The summed E-state index contributed by atoms with van der Waals surface area (Å²) in [6.07, 6.45) is 0. The molecule has 2 aromatic rings. The first kappa shape index (κ1) is 14.0. The Hall–Kier alpha value is -2.47. The first-order chi connectivity index (χ1) is 9.72. The monoisotopic (exact) mass is 267 g/mol. The van der Waals surface area contributed by atoms with Crippen LogP contribution in [-0.4, -0.2) is 6.61 Å². The molecule has 3 nitrogen and oxygen atoms in total. The average Bonchev–Trinajstić information content (AvgIpc) is 2.46. The summed E-state index contributed by atoms with van der Waals surface area (Å²) in [6, 6.07) is 15.5. The lowest BCUT2D eigenvalue weighted by atomic mass is 10.1. The zero-order chi connectivity index (χ0) is 14.4. The van der Waals surface area contributed by atoms with Gasteiger partial charge in [0, 0.05) is 6.07 Å². The second kappa shape index (κ2) is 6.63. The van der Waals surface area contributed by atoms with E-state index in [0.717, 1.165) is 5.56 Å². The molecule has 0 N–H and O–H groups in total. The zero-order valence-corrected chi connectivity index (χ0v) is 11.7. The van der Waals surface area contributed by atoms with Crippen LogP contribution in [0, 0.1) is 18.3 Å². The van der Waals surface area contributed by atoms with Crippen molar-refractivity contribution in [3.8, 4) is 17.6 Å². The lowest BCUT2D eigenvalue weighted by molar-refractivity contribution is 0.269. The molecule has 102 valence electrons. The SMILES string of the molecule is CCOc1cc(C#N)ccc1OCc1cccc(C)c1. The summed E-state index contributed by atoms with van der Waals surface area (Å²) >= 11 is 0. The lowest BCUT2D eigenvalue weighted by Gasteiger charge is -2.12. The maximum absolute atomic E-state index is 8.91. The Morgan fingerprint density at radius 1 is 1.05 bits per heavy atom. The molecule has 0 heterocycles. The molecule has 0 fully saturated rings. The van der Waals surface area contributed by atoms with E-state index in [0.29, 0.717) is 30.3 Å². The summed E-state index contributed by atoms with van der Waals surface area (Å²) in [5, 5.41) is 8.91. The Kier molecular flexibility index (Phi) is 4.62. The van der Waals surface area contributed by atoms with Gasteiger partial charge in [-0.2, -0.15) is 5.26 Å². The molecule has 0 aromatic heterocycles. The standard InChI is InChI=1S/C17H17NO2/c1-3-19-17-10-14(11-18)7-8-16(17)20-12-15-6-4-5-13(2)9-15/h4-10H,3,12H2,1-2H3. The maximum Gasteiger partial charge on any atom is 0.162 e. The van der Waals surface area contributed by atoms with Crippen LogP contribution in [0.15, 0.2) is 42.5 Å². The Labute approximate surface area is 119 Å². The van der Waals surface area contributed by atoms with Gasteiger partial charge in [0.1, 0.15) is 6.61 Å². The molecule has 2 rings (SSSR count). The van der Waals surface area contributed by atoms with E-state index in [2.05, 4.69) is 25.1 Å². The molecule has 0 spiro atoms. The summed E-state index contributed by atoms with van der Waals surface area (Å²) < 4.78 is 11.3. The minimum atomic E-state index is 0.480. The second-order valence-corrected chi connectivity index (χ2v) is 4.48. The molecule has 0 atom stereocenters. The van der Waals surface area contributed by atoms with Crippen molar-refractivity contribution >= 4 is 0 Å². The summed E-state index contributed by atoms with van der Waals surface area (Å²) in [7, 11) is 0. The van der Waals surface area contributed by atoms with Gasteiger partial charge >= 0.3 is 0 Å². The molecule has 0 unspecified atom stereocenters. The Morgan fingerprint density at radius 3 is 2.60 bits per heavy atom. The van der Waals surface area contributed by atoms with Crippen molar-refractivity contribution in [2.24, 2.45) is 0 Å². The number of rotatable bonds is 5. The molecule has 0 bridgehead atoms. The largest absolute Gasteiger partial charge is 0.490 e. The van der Waals surface area contributed by atoms with Crippen LogP contribution in [0.3, 0.4) is 0 Å². The third kappa shape index (κ3) is 3.52. The molecule has 0 saturated carbocycles. The van der Waals surface area contributed by atoms with E-state index in [1.165, 1.54) is 5.56 Å². The van der Waals surface area contributed by atoms with Gasteiger partial charge in [-0.3, -0.25) is 0 Å². The summed E-state index contributed by atoms with van der Waals surface area (Å²) in [4.78, 5) is 0. The minimum Gasteiger partial charge on any atom is -0.490 e. The molecule has 0 aliphatic heterocycles. The topological polar surface area (TPSA) is 42.2 Å². The predicted octanol–water partition coefficient (Wildman–Crippen LogP) is 3.84. The van der Waals surface area contributed by atoms with E-state index in [1.54, 1.807) is 18.2 Å². The molecule has 0 amide bonds. The number of benzene rings is 2. The maximum atomic E-state index is 8.91. The molecular weight excluding hydrogens is 250 g/mol. The van der Waals surface area contributed by atoms with Crippen LogP contribution in [0.1, 0.15) is 23.6 Å². The molecule has 0 radical (unpaired) electrons. The minimum absolute atomic E-state index is 0.480. The number of nitriles is 1. The van der Waals surface area contributed by atoms with Crippen molar-refractivity contribution in [3.05, 3.63) is 59.2 Å². The van der Waals surface area contributed by atoms with Crippen molar-refractivity contribution < 1.29 is 9.47 Å². The molecule has 3 heteroatoms. The third-order valence-corrected chi connectivity index (χ3v) is 2.85. The number of hydrogen-bond acceptors (Lipinski definition) is 3. The van der Waals surface area contributed by atoms with Crippen LogP contribution in [0.2, 0.25) is 0 Å². The van der Waals surface area contributed by atoms with Gasteiger partial charge < -0.3 is 9.47 Å². The molecule has 0 aliphatic carbocycles. The zero-order valence-electron chi connectivity index (χ0n) is 11.7. The van der Waals surface area contributed by atoms with Gasteiger partial charge in [0.05, 0.1) is 18.2 Å². The lowest BCUT2D eigenvalue weighted by Crippen LogP contribution is -2.00. The summed E-state index contributed by atoms with van der Waals surface area (Å²) in [5.41, 5.74) is 2.88. The van der Waals surface area contributed by atoms with E-state index in [1.807, 2.05) is 19.1 Å². The number of hydrogen-bond donors (Lipinski definition) is 0. The predicted molar refractivity (Wildman–Crippen MR) is 77.8 cm³/mol. The van der Waals surface area contributed by atoms with E-state index in [-0.39, 0.29) is 0 Å². The normalized spacial score (nSPS) is 9.85. The summed E-state index contributed by atoms with van der Waals surface area (Å²) in [5.74, 6) is 1.27. The highest BCUT2D eigenvalue weighted by Crippen LogP contribution is 2.29. The fourth-order valence-corrected chi connectivity index (χ4v) is 1.93. The Morgan fingerprint density at radius 2 is 1.90 bits per heavy atom. The van der Waals surface area contributed by atoms with Crippen LogP contribution >= 0.6 is 0 Å². The van der Waals surface area contributed by atoms with Crippen molar-refractivity contribution in [2.45, 2.75) is 20.5 Å². The highest BCUT2D eigenvalue weighted by molar-refractivity contribution is 5.46. The van der Waals surface area contributed by atoms with Crippen LogP contribution < -0.4 is 9.47 Å². The van der Waals surface area contributed by atoms with Gasteiger partial charge in [0.2, 0.25) is 0 Å². The van der Waals surface area contributed by atoms with E-state index >= 15 is 0 Å². The fraction of sp³-hybridized carbons (Fsp3) is 0.235. The first-order valence-corrected chi connectivity index (χ1v) is 6.58. The number of ether oxygens (including phenoxy) is 2. The van der Waals surface area contributed by atoms with Crippen LogP contribution in [0.25, 0.3) is 0 Å². The average molecular weight is 267 g/mol. The second-order valence-electron chi connectivity index (χ2n) is 4.48. The van der Waals surface area contributed by atoms with Gasteiger partial charge in [-0.05, 0) is 31.5 Å². The Balaban J connectivity index is 2.14.